The fourth-order valence-corrected chi connectivity index (χ4v) is 4.69. The lowest BCUT2D eigenvalue weighted by Crippen LogP contribution is -2.22. The monoisotopic (exact) mass is 553 g/mol. The lowest BCUT2D eigenvalue weighted by Gasteiger charge is -2.15. The summed E-state index contributed by atoms with van der Waals surface area (Å²) in [6.45, 7) is 2.06. The zero-order valence-corrected chi connectivity index (χ0v) is 22.2. The Morgan fingerprint density at radius 3 is 2.44 bits per heavy atom. The molecule has 0 atom stereocenters. The summed E-state index contributed by atoms with van der Waals surface area (Å²) in [5.74, 6) is -2.11. The van der Waals surface area contributed by atoms with E-state index in [1.807, 2.05) is 31.2 Å². The lowest BCUT2D eigenvalue weighted by molar-refractivity contribution is 0.0561. The third-order valence-corrected chi connectivity index (χ3v) is 6.58. The molecule has 2 N–H and O–H groups in total. The molecule has 0 bridgehead atoms. The Bertz CT molecular complexity index is 1570. The van der Waals surface area contributed by atoms with Crippen LogP contribution in [0.25, 0.3) is 10.9 Å². The number of halogens is 1. The summed E-state index contributed by atoms with van der Waals surface area (Å²) in [4.78, 5) is 41.4. The number of aromatic nitrogens is 1. The summed E-state index contributed by atoms with van der Waals surface area (Å²) in [6, 6.07) is 9.21. The maximum Gasteiger partial charge on any atom is 0.349 e. The number of rotatable bonds is 8. The van der Waals surface area contributed by atoms with Crippen molar-refractivity contribution in [2.24, 2.45) is 0 Å². The number of benzene rings is 2. The number of ether oxygens (including phenoxy) is 4. The van der Waals surface area contributed by atoms with Gasteiger partial charge < -0.3 is 29.6 Å². The normalized spacial score (nSPS) is 10.6. The predicted molar refractivity (Wildman–Crippen MR) is 143 cm³/mol. The van der Waals surface area contributed by atoms with Gasteiger partial charge in [0.05, 0.1) is 38.2 Å². The standard InChI is InChI=1S/C27H24FN3O7S/c1-14-8-15-6-5-7-16(23(15)29-11-14)12-38-21-10-18(17(28)9-20(21)35-2)30-27(34)31-19-13-39-24(26(33)37-4)22(19)25(32)36-3/h5-11,13H,12H2,1-4H3,(H2,30,31,34). The second-order valence-corrected chi connectivity index (χ2v) is 9.07. The largest absolute Gasteiger partial charge is 0.493 e. The average Bonchev–Trinajstić information content (AvgIpc) is 3.35. The van der Waals surface area contributed by atoms with Crippen LogP contribution in [0.4, 0.5) is 20.6 Å². The Balaban J connectivity index is 1.55. The predicted octanol–water partition coefficient (Wildman–Crippen LogP) is 5.55. The van der Waals surface area contributed by atoms with Crippen LogP contribution in [0.5, 0.6) is 11.5 Å². The van der Waals surface area contributed by atoms with E-state index < -0.39 is 23.8 Å². The molecule has 0 spiro atoms. The molecule has 0 aliphatic carbocycles. The van der Waals surface area contributed by atoms with Crippen molar-refractivity contribution in [1.29, 1.82) is 0 Å². The molecule has 0 aliphatic rings. The van der Waals surface area contributed by atoms with E-state index in [1.54, 1.807) is 6.20 Å². The van der Waals surface area contributed by atoms with E-state index in [9.17, 15) is 18.8 Å². The molecule has 0 aliphatic heterocycles. The van der Waals surface area contributed by atoms with Crippen LogP contribution in [0.1, 0.15) is 31.2 Å². The first-order valence-corrected chi connectivity index (χ1v) is 12.3. The fourth-order valence-electron chi connectivity index (χ4n) is 3.78. The Morgan fingerprint density at radius 1 is 0.974 bits per heavy atom. The average molecular weight is 554 g/mol. The molecular formula is C27H24FN3O7S. The number of thiophene rings is 1. The van der Waals surface area contributed by atoms with Gasteiger partial charge in [-0.25, -0.2) is 18.8 Å². The second kappa shape index (κ2) is 11.8. The number of nitrogens with zero attached hydrogens (tertiary/aromatic N) is 1. The molecule has 202 valence electrons. The highest BCUT2D eigenvalue weighted by Gasteiger charge is 2.26. The van der Waals surface area contributed by atoms with Crippen molar-refractivity contribution >= 4 is 51.6 Å². The van der Waals surface area contributed by atoms with E-state index in [-0.39, 0.29) is 39.9 Å². The maximum atomic E-state index is 14.8. The molecule has 0 fully saturated rings. The molecular weight excluding hydrogens is 529 g/mol. The number of anilines is 2. The van der Waals surface area contributed by atoms with Crippen LogP contribution in [0.15, 0.2) is 48.0 Å². The number of aryl methyl sites for hydroxylation is 1. The summed E-state index contributed by atoms with van der Waals surface area (Å²) in [7, 11) is 3.66. The zero-order chi connectivity index (χ0) is 28.1. The number of hydrogen-bond acceptors (Lipinski definition) is 9. The third kappa shape index (κ3) is 5.91. The van der Waals surface area contributed by atoms with Crippen LogP contribution in [0.2, 0.25) is 0 Å². The number of nitrogens with one attached hydrogen (secondary N) is 2. The van der Waals surface area contributed by atoms with Gasteiger partial charge in [-0.2, -0.15) is 0 Å². The van der Waals surface area contributed by atoms with E-state index >= 15 is 0 Å². The van der Waals surface area contributed by atoms with Crippen LogP contribution in [0, 0.1) is 12.7 Å². The minimum Gasteiger partial charge on any atom is -0.493 e. The smallest absolute Gasteiger partial charge is 0.349 e. The van der Waals surface area contributed by atoms with Gasteiger partial charge in [0, 0.05) is 34.7 Å². The van der Waals surface area contributed by atoms with E-state index in [1.165, 1.54) is 18.6 Å². The molecule has 0 saturated heterocycles. The number of fused-ring (bicyclic) bond motifs is 1. The number of urea groups is 1. The minimum absolute atomic E-state index is 0.00571. The molecule has 12 heteroatoms. The van der Waals surface area contributed by atoms with Crippen molar-refractivity contribution < 1.29 is 37.7 Å². The summed E-state index contributed by atoms with van der Waals surface area (Å²) in [5, 5.41) is 7.15. The Kier molecular flexibility index (Phi) is 8.25. The third-order valence-electron chi connectivity index (χ3n) is 5.62. The van der Waals surface area contributed by atoms with Crippen molar-refractivity contribution in [2.75, 3.05) is 32.0 Å². The highest BCUT2D eigenvalue weighted by molar-refractivity contribution is 7.13. The number of esters is 2. The number of hydrogen-bond donors (Lipinski definition) is 2. The van der Waals surface area contributed by atoms with E-state index in [4.69, 9.17) is 14.2 Å². The van der Waals surface area contributed by atoms with Crippen LogP contribution in [-0.2, 0) is 16.1 Å². The maximum absolute atomic E-state index is 14.8. The van der Waals surface area contributed by atoms with Gasteiger partial charge in [0.15, 0.2) is 17.3 Å². The highest BCUT2D eigenvalue weighted by atomic mass is 32.1. The Labute approximate surface area is 226 Å². The Morgan fingerprint density at radius 2 is 1.72 bits per heavy atom. The topological polar surface area (TPSA) is 125 Å². The molecule has 0 radical (unpaired) electrons. The number of carbonyl (C=O) groups excluding carboxylic acids is 3. The van der Waals surface area contributed by atoms with Gasteiger partial charge in [0.2, 0.25) is 0 Å². The van der Waals surface area contributed by atoms with Crippen molar-refractivity contribution in [3.63, 3.8) is 0 Å². The second-order valence-electron chi connectivity index (χ2n) is 8.19. The van der Waals surface area contributed by atoms with E-state index in [0.717, 1.165) is 53.7 Å². The summed E-state index contributed by atoms with van der Waals surface area (Å²) in [6.07, 6.45) is 1.76. The molecule has 4 rings (SSSR count). The number of carbonyl (C=O) groups is 3. The van der Waals surface area contributed by atoms with Crippen LogP contribution >= 0.6 is 11.3 Å². The first kappa shape index (κ1) is 27.3. The van der Waals surface area contributed by atoms with Gasteiger partial charge in [0.1, 0.15) is 17.0 Å². The molecule has 2 aromatic carbocycles. The van der Waals surface area contributed by atoms with Gasteiger partial charge in [-0.05, 0) is 18.6 Å². The van der Waals surface area contributed by atoms with Gasteiger partial charge in [0.25, 0.3) is 0 Å². The van der Waals surface area contributed by atoms with E-state index in [0.29, 0.717) is 0 Å². The quantitative estimate of drug-likeness (QED) is 0.272. The van der Waals surface area contributed by atoms with Crippen molar-refractivity contribution in [2.45, 2.75) is 13.5 Å². The summed E-state index contributed by atoms with van der Waals surface area (Å²) < 4.78 is 35.4. The van der Waals surface area contributed by atoms with Crippen LogP contribution < -0.4 is 20.1 Å². The van der Waals surface area contributed by atoms with Crippen molar-refractivity contribution in [3.05, 3.63) is 75.4 Å². The van der Waals surface area contributed by atoms with Gasteiger partial charge in [-0.1, -0.05) is 18.2 Å². The summed E-state index contributed by atoms with van der Waals surface area (Å²) in [5.41, 5.74) is 2.21. The molecule has 39 heavy (non-hydrogen) atoms. The molecule has 0 saturated carbocycles. The minimum atomic E-state index is -0.877. The fraction of sp³-hybridized carbons (Fsp3) is 0.185. The van der Waals surface area contributed by atoms with Crippen LogP contribution in [-0.4, -0.2) is 44.3 Å². The first-order chi connectivity index (χ1) is 18.7. The molecule has 2 heterocycles. The van der Waals surface area contributed by atoms with Gasteiger partial charge >= 0.3 is 18.0 Å². The zero-order valence-electron chi connectivity index (χ0n) is 21.4. The highest BCUT2D eigenvalue weighted by Crippen LogP contribution is 2.34. The number of para-hydroxylation sites is 1. The van der Waals surface area contributed by atoms with Crippen LogP contribution in [0.3, 0.4) is 0 Å². The SMILES string of the molecule is COC(=O)c1scc(NC(=O)Nc2cc(OCc3cccc4cc(C)cnc34)c(OC)cc2F)c1C(=O)OC. The van der Waals surface area contributed by atoms with Gasteiger partial charge in [-0.3, -0.25) is 4.98 Å². The molecule has 2 aromatic heterocycles. The summed E-state index contributed by atoms with van der Waals surface area (Å²) >= 11 is 0.884. The lowest BCUT2D eigenvalue weighted by atomic mass is 10.1. The van der Waals surface area contributed by atoms with Crippen molar-refractivity contribution in [3.8, 4) is 11.5 Å². The van der Waals surface area contributed by atoms with Crippen molar-refractivity contribution in [1.82, 2.24) is 4.98 Å². The molecule has 10 nitrogen and oxygen atoms in total. The molecule has 2 amide bonds. The Hall–Kier alpha value is -4.71. The molecule has 0 unspecified atom stereocenters. The van der Waals surface area contributed by atoms with E-state index in [2.05, 4.69) is 20.4 Å². The molecule has 4 aromatic rings. The van der Waals surface area contributed by atoms with Gasteiger partial charge in [-0.15, -0.1) is 11.3 Å². The first-order valence-electron chi connectivity index (χ1n) is 11.5. The number of methoxy groups -OCH3 is 3. The number of amides is 2. The number of pyridine rings is 1.